The number of nitrogens with zero attached hydrogens (tertiary/aromatic N) is 1. The number of nitro groups is 1. The largest absolute Gasteiger partial charge is 0.490 e. The molecule has 0 heterocycles. The summed E-state index contributed by atoms with van der Waals surface area (Å²) in [6.07, 6.45) is 6.33. The fourth-order valence-corrected chi connectivity index (χ4v) is 2.47. The second-order valence-electron chi connectivity index (χ2n) is 4.16. The molecule has 0 saturated heterocycles. The predicted octanol–water partition coefficient (Wildman–Crippen LogP) is 3.68. The molecular formula is C12H15NO3S. The van der Waals surface area contributed by atoms with Crippen molar-refractivity contribution in [3.63, 3.8) is 0 Å². The highest BCUT2D eigenvalue weighted by molar-refractivity contribution is 7.93. The van der Waals surface area contributed by atoms with Gasteiger partial charge in [-0.3, -0.25) is 10.1 Å². The van der Waals surface area contributed by atoms with Gasteiger partial charge in [0.25, 0.3) is 11.9 Å². The highest BCUT2D eigenvalue weighted by Gasteiger charge is 2.15. The number of rotatable bonds is 4. The van der Waals surface area contributed by atoms with Crippen LogP contribution in [0, 0.1) is 10.1 Å². The molecule has 1 aliphatic carbocycles. The maximum absolute atomic E-state index is 10.3. The van der Waals surface area contributed by atoms with Crippen LogP contribution < -0.4 is 4.74 Å². The van der Waals surface area contributed by atoms with Crippen LogP contribution in [0.25, 0.3) is 0 Å². The number of ether oxygens (including phenoxy) is 1. The van der Waals surface area contributed by atoms with Crippen LogP contribution in [0.2, 0.25) is 0 Å². The lowest BCUT2D eigenvalue weighted by atomic mass is 9.98. The molecule has 1 aromatic carbocycles. The summed E-state index contributed by atoms with van der Waals surface area (Å²) in [5, 5.41) is 10.3. The van der Waals surface area contributed by atoms with Crippen LogP contribution >= 0.6 is 11.9 Å². The molecule has 0 amide bonds. The first-order valence-corrected chi connectivity index (χ1v) is 6.60. The highest BCUT2D eigenvalue weighted by atomic mass is 32.2. The Morgan fingerprint density at radius 3 is 2.41 bits per heavy atom. The Hall–Kier alpha value is -1.23. The van der Waals surface area contributed by atoms with Crippen LogP contribution in [-0.2, 0) is 0 Å². The van der Waals surface area contributed by atoms with Crippen LogP contribution in [-0.4, -0.2) is 10.4 Å². The fourth-order valence-electron chi connectivity index (χ4n) is 2.04. The van der Waals surface area contributed by atoms with Crippen LogP contribution in [0.1, 0.15) is 32.1 Å². The second kappa shape index (κ2) is 5.91. The summed E-state index contributed by atoms with van der Waals surface area (Å²) in [7, 11) is 0. The molecule has 1 saturated carbocycles. The van der Waals surface area contributed by atoms with Gasteiger partial charge in [0.1, 0.15) is 10.1 Å². The molecule has 0 unspecified atom stereocenters. The van der Waals surface area contributed by atoms with E-state index in [9.17, 15) is 10.1 Å². The van der Waals surface area contributed by atoms with E-state index in [-0.39, 0.29) is 0 Å². The van der Waals surface area contributed by atoms with E-state index in [4.69, 9.17) is 4.74 Å². The lowest BCUT2D eigenvalue weighted by Gasteiger charge is -2.22. The van der Waals surface area contributed by atoms with E-state index in [2.05, 4.69) is 0 Å². The van der Waals surface area contributed by atoms with Gasteiger partial charge in [0.05, 0.1) is 11.0 Å². The molecule has 1 fully saturated rings. The third-order valence-corrected chi connectivity index (χ3v) is 3.49. The zero-order valence-electron chi connectivity index (χ0n) is 9.50. The van der Waals surface area contributed by atoms with E-state index in [1.54, 1.807) is 24.3 Å². The minimum absolute atomic E-state index is 0.317. The summed E-state index contributed by atoms with van der Waals surface area (Å²) < 4.78 is 5.43. The summed E-state index contributed by atoms with van der Waals surface area (Å²) in [5.74, 6) is 0.810. The zero-order valence-corrected chi connectivity index (χ0v) is 10.3. The number of hydrogen-bond acceptors (Lipinski definition) is 4. The van der Waals surface area contributed by atoms with Crippen molar-refractivity contribution in [3.05, 3.63) is 34.4 Å². The van der Waals surface area contributed by atoms with Gasteiger partial charge in [0.15, 0.2) is 0 Å². The van der Waals surface area contributed by atoms with Crippen LogP contribution in [0.4, 0.5) is 0 Å². The lowest BCUT2D eigenvalue weighted by molar-refractivity contribution is -0.284. The molecule has 17 heavy (non-hydrogen) atoms. The van der Waals surface area contributed by atoms with Gasteiger partial charge in [-0.05, 0) is 49.9 Å². The van der Waals surface area contributed by atoms with Gasteiger partial charge in [0, 0.05) is 0 Å². The van der Waals surface area contributed by atoms with E-state index < -0.39 is 4.33 Å². The van der Waals surface area contributed by atoms with Crippen LogP contribution in [0.5, 0.6) is 5.75 Å². The van der Waals surface area contributed by atoms with Gasteiger partial charge in [-0.15, -0.1) is 0 Å². The molecular weight excluding hydrogens is 238 g/mol. The quantitative estimate of drug-likeness (QED) is 0.466. The van der Waals surface area contributed by atoms with Crippen molar-refractivity contribution in [3.8, 4) is 5.75 Å². The van der Waals surface area contributed by atoms with Gasteiger partial charge in [-0.25, -0.2) is 0 Å². The first-order valence-electron chi connectivity index (χ1n) is 5.83. The Morgan fingerprint density at radius 1 is 1.18 bits per heavy atom. The molecule has 0 radical (unpaired) electrons. The summed E-state index contributed by atoms with van der Waals surface area (Å²) in [5.41, 5.74) is 0. The Labute approximate surface area is 105 Å². The SMILES string of the molecule is O=[N+]([O-])Sc1ccc(OC2CCCCC2)cc1. The van der Waals surface area contributed by atoms with Crippen molar-refractivity contribution in [1.82, 2.24) is 0 Å². The van der Waals surface area contributed by atoms with Gasteiger partial charge in [-0.2, -0.15) is 0 Å². The zero-order chi connectivity index (χ0) is 12.1. The van der Waals surface area contributed by atoms with Crippen molar-refractivity contribution in [2.75, 3.05) is 0 Å². The van der Waals surface area contributed by atoms with Crippen LogP contribution in [0.3, 0.4) is 0 Å². The predicted molar refractivity (Wildman–Crippen MR) is 66.8 cm³/mol. The average molecular weight is 253 g/mol. The molecule has 0 atom stereocenters. The Balaban J connectivity index is 1.90. The summed E-state index contributed by atoms with van der Waals surface area (Å²) in [6, 6.07) is 7.07. The van der Waals surface area contributed by atoms with E-state index in [1.165, 1.54) is 19.3 Å². The summed E-state index contributed by atoms with van der Waals surface area (Å²) in [4.78, 5) is 10.9. The third-order valence-electron chi connectivity index (χ3n) is 2.86. The Morgan fingerprint density at radius 2 is 1.82 bits per heavy atom. The number of hydrogen-bond donors (Lipinski definition) is 0. The van der Waals surface area contributed by atoms with Crippen molar-refractivity contribution >= 4 is 11.9 Å². The molecule has 1 aromatic rings. The van der Waals surface area contributed by atoms with E-state index in [1.807, 2.05) is 0 Å². The first-order chi connectivity index (χ1) is 8.24. The van der Waals surface area contributed by atoms with E-state index in [0.29, 0.717) is 22.9 Å². The van der Waals surface area contributed by atoms with Crippen LogP contribution in [0.15, 0.2) is 29.2 Å². The van der Waals surface area contributed by atoms with Gasteiger partial charge in [0.2, 0.25) is 0 Å². The summed E-state index contributed by atoms with van der Waals surface area (Å²) in [6.45, 7) is 0. The van der Waals surface area contributed by atoms with Gasteiger partial charge < -0.3 is 4.74 Å². The standard InChI is InChI=1S/C12H15NO3S/c14-13(15)17-12-8-6-11(7-9-12)16-10-4-2-1-3-5-10/h6-10H,1-5H2. The summed E-state index contributed by atoms with van der Waals surface area (Å²) >= 11 is 0.620. The Bertz CT molecular complexity index is 374. The molecule has 0 N–H and O–H groups in total. The van der Waals surface area contributed by atoms with Gasteiger partial charge in [-0.1, -0.05) is 6.42 Å². The molecule has 1 aliphatic rings. The Kier molecular flexibility index (Phi) is 4.25. The molecule has 4 nitrogen and oxygen atoms in total. The lowest BCUT2D eigenvalue weighted by Crippen LogP contribution is -2.19. The van der Waals surface area contributed by atoms with E-state index >= 15 is 0 Å². The van der Waals surface area contributed by atoms with Gasteiger partial charge >= 0.3 is 0 Å². The average Bonchev–Trinajstić information content (AvgIpc) is 2.32. The van der Waals surface area contributed by atoms with E-state index in [0.717, 1.165) is 18.6 Å². The third kappa shape index (κ3) is 3.93. The minimum Gasteiger partial charge on any atom is -0.490 e. The topological polar surface area (TPSA) is 52.4 Å². The number of benzene rings is 1. The minimum atomic E-state index is -0.406. The molecule has 0 aliphatic heterocycles. The molecule has 5 heteroatoms. The molecule has 0 bridgehead atoms. The fraction of sp³-hybridized carbons (Fsp3) is 0.500. The van der Waals surface area contributed by atoms with Crippen molar-refractivity contribution in [1.29, 1.82) is 0 Å². The first kappa shape index (κ1) is 12.2. The second-order valence-corrected chi connectivity index (χ2v) is 5.12. The van der Waals surface area contributed by atoms with Crippen molar-refractivity contribution in [2.45, 2.75) is 43.1 Å². The molecule has 0 spiro atoms. The smallest absolute Gasteiger partial charge is 0.265 e. The molecule has 92 valence electrons. The maximum atomic E-state index is 10.3. The van der Waals surface area contributed by atoms with Crippen molar-refractivity contribution < 1.29 is 9.07 Å². The highest BCUT2D eigenvalue weighted by Crippen LogP contribution is 2.25. The maximum Gasteiger partial charge on any atom is 0.265 e. The van der Waals surface area contributed by atoms with Crippen molar-refractivity contribution in [2.24, 2.45) is 0 Å². The molecule has 2 rings (SSSR count). The monoisotopic (exact) mass is 253 g/mol. The molecule has 0 aromatic heterocycles. The normalized spacial score (nSPS) is 16.7.